The van der Waals surface area contributed by atoms with E-state index >= 15 is 0 Å². The number of aromatic nitrogens is 5. The van der Waals surface area contributed by atoms with Gasteiger partial charge in [-0.15, -0.1) is 0 Å². The Kier molecular flexibility index (Phi) is 7.22. The van der Waals surface area contributed by atoms with Gasteiger partial charge in [0.2, 0.25) is 20.9 Å². The van der Waals surface area contributed by atoms with E-state index in [1.807, 2.05) is 4.90 Å². The molecule has 1 unspecified atom stereocenters. The summed E-state index contributed by atoms with van der Waals surface area (Å²) in [5.41, 5.74) is 0.876. The molecule has 2 saturated heterocycles. The molecule has 2 fully saturated rings. The van der Waals surface area contributed by atoms with Crippen molar-refractivity contribution in [3.8, 4) is 11.6 Å². The molecule has 0 spiro atoms. The van der Waals surface area contributed by atoms with E-state index in [0.29, 0.717) is 28.7 Å². The largest absolute Gasteiger partial charge is 0.435 e. The number of sulfone groups is 1. The molecule has 39 heavy (non-hydrogen) atoms. The third-order valence-electron chi connectivity index (χ3n) is 6.94. The summed E-state index contributed by atoms with van der Waals surface area (Å²) in [6, 6.07) is 3.34. The molecule has 3 aromatic heterocycles. The predicted molar refractivity (Wildman–Crippen MR) is 150 cm³/mol. The summed E-state index contributed by atoms with van der Waals surface area (Å²) in [7, 11) is -3.75. The van der Waals surface area contributed by atoms with E-state index < -0.39 is 9.84 Å². The molecule has 10 nitrogen and oxygen atoms in total. The first kappa shape index (κ1) is 26.8. The predicted octanol–water partition coefficient (Wildman–Crippen LogP) is 6.22. The molecule has 206 valence electrons. The fourth-order valence-corrected chi connectivity index (χ4v) is 6.14. The van der Waals surface area contributed by atoms with Crippen LogP contribution in [0.15, 0.2) is 23.5 Å². The molecule has 0 amide bonds. The van der Waals surface area contributed by atoms with E-state index in [1.165, 1.54) is 0 Å². The number of pyridine rings is 1. The van der Waals surface area contributed by atoms with Gasteiger partial charge in [-0.3, -0.25) is 0 Å². The van der Waals surface area contributed by atoms with E-state index in [2.05, 4.69) is 20.1 Å². The lowest BCUT2D eigenvalue weighted by molar-refractivity contribution is -0.0366. The Bertz CT molecular complexity index is 1680. The van der Waals surface area contributed by atoms with E-state index in [9.17, 15) is 8.42 Å². The van der Waals surface area contributed by atoms with Gasteiger partial charge in [0.05, 0.1) is 27.5 Å². The maximum atomic E-state index is 12.6. The minimum Gasteiger partial charge on any atom is -0.435 e. The number of nitrogens with zero attached hydrogens (tertiary/aromatic N) is 6. The minimum absolute atomic E-state index is 0.0183. The van der Waals surface area contributed by atoms with Crippen LogP contribution in [0.1, 0.15) is 44.8 Å². The molecule has 5 heterocycles. The lowest BCUT2D eigenvalue weighted by Gasteiger charge is -2.29. The Labute approximate surface area is 240 Å². The van der Waals surface area contributed by atoms with Crippen LogP contribution in [0.3, 0.4) is 0 Å². The van der Waals surface area contributed by atoms with Crippen molar-refractivity contribution in [2.24, 2.45) is 0 Å². The van der Waals surface area contributed by atoms with Crippen molar-refractivity contribution < 1.29 is 17.9 Å². The Morgan fingerprint density at radius 1 is 1.00 bits per heavy atom. The van der Waals surface area contributed by atoms with Crippen LogP contribution < -0.4 is 9.64 Å². The fourth-order valence-electron chi connectivity index (χ4n) is 5.06. The maximum Gasteiger partial charge on any atom is 0.249 e. The van der Waals surface area contributed by atoms with E-state index in [0.717, 1.165) is 57.9 Å². The average molecular weight is 612 g/mol. The van der Waals surface area contributed by atoms with Crippen LogP contribution in [-0.2, 0) is 14.6 Å². The van der Waals surface area contributed by atoms with Gasteiger partial charge >= 0.3 is 0 Å². The number of halogens is 3. The zero-order chi connectivity index (χ0) is 27.3. The van der Waals surface area contributed by atoms with Gasteiger partial charge < -0.3 is 14.4 Å². The van der Waals surface area contributed by atoms with Gasteiger partial charge in [0.25, 0.3) is 0 Å². The third-order valence-corrected chi connectivity index (χ3v) is 8.75. The molecule has 6 rings (SSSR count). The highest BCUT2D eigenvalue weighted by Crippen LogP contribution is 2.44. The number of fused-ring (bicyclic) bond motifs is 2. The van der Waals surface area contributed by atoms with E-state index in [4.69, 9.17) is 44.3 Å². The Hall–Kier alpha value is -2.44. The first-order chi connectivity index (χ1) is 18.7. The summed E-state index contributed by atoms with van der Waals surface area (Å²) in [6.45, 7) is 2.11. The maximum absolute atomic E-state index is 12.6. The van der Waals surface area contributed by atoms with Crippen LogP contribution in [0.2, 0.25) is 15.2 Å². The van der Waals surface area contributed by atoms with Crippen molar-refractivity contribution in [2.45, 2.75) is 49.9 Å². The number of piperidine rings is 1. The first-order valence-electron chi connectivity index (χ1n) is 12.7. The molecule has 1 aromatic carbocycles. The minimum atomic E-state index is -3.75. The second kappa shape index (κ2) is 10.5. The summed E-state index contributed by atoms with van der Waals surface area (Å²) in [6.07, 6.45) is 8.33. The number of benzene rings is 1. The molecule has 0 saturated carbocycles. The number of anilines is 1. The van der Waals surface area contributed by atoms with Crippen molar-refractivity contribution in [1.29, 1.82) is 0 Å². The smallest absolute Gasteiger partial charge is 0.249 e. The number of ether oxygens (including phenoxy) is 2. The topological polar surface area (TPSA) is 112 Å². The van der Waals surface area contributed by atoms with Gasteiger partial charge in [-0.25, -0.2) is 23.1 Å². The highest BCUT2D eigenvalue weighted by molar-refractivity contribution is 7.90. The summed E-state index contributed by atoms with van der Waals surface area (Å²) in [4.78, 5) is 15.2. The van der Waals surface area contributed by atoms with Gasteiger partial charge in [0.15, 0.2) is 12.0 Å². The standard InChI is InChI=1S/C25H25Cl3N6O4S/c1-39(35,36)25-31-21-14(23(32-25)33-8-4-2-5-9-33)11-18(27)30-24(21)38-22-15-13-29-34(19-7-3-6-10-37-19)17(15)12-16(26)20(22)28/h11-13,19H,2-10H2,1H3. The summed E-state index contributed by atoms with van der Waals surface area (Å²) in [5, 5.41) is 5.86. The number of hydrogen-bond acceptors (Lipinski definition) is 9. The zero-order valence-corrected chi connectivity index (χ0v) is 24.1. The molecule has 0 aliphatic carbocycles. The molecular weight excluding hydrogens is 587 g/mol. The average Bonchev–Trinajstić information content (AvgIpc) is 3.34. The van der Waals surface area contributed by atoms with Crippen LogP contribution in [0.4, 0.5) is 5.82 Å². The van der Waals surface area contributed by atoms with Crippen LogP contribution in [0.25, 0.3) is 21.8 Å². The van der Waals surface area contributed by atoms with Crippen molar-refractivity contribution in [1.82, 2.24) is 24.7 Å². The van der Waals surface area contributed by atoms with Gasteiger partial charge in [0.1, 0.15) is 21.5 Å². The Balaban J connectivity index is 1.53. The molecule has 0 bridgehead atoms. The number of hydrogen-bond donors (Lipinski definition) is 0. The van der Waals surface area contributed by atoms with Crippen molar-refractivity contribution >= 4 is 72.3 Å². The first-order valence-corrected chi connectivity index (χ1v) is 15.7. The third kappa shape index (κ3) is 5.11. The van der Waals surface area contributed by atoms with Gasteiger partial charge in [-0.05, 0) is 50.7 Å². The SMILES string of the molecule is CS(=O)(=O)c1nc(N2CCCCC2)c2cc(Cl)nc(Oc3c(Cl)c(Cl)cc4c3cnn4C3CCCCO3)c2n1. The molecule has 1 atom stereocenters. The lowest BCUT2D eigenvalue weighted by Crippen LogP contribution is -2.31. The highest BCUT2D eigenvalue weighted by atomic mass is 35.5. The van der Waals surface area contributed by atoms with Crippen LogP contribution >= 0.6 is 34.8 Å². The normalized spacial score (nSPS) is 18.7. The molecule has 14 heteroatoms. The lowest BCUT2D eigenvalue weighted by atomic mass is 10.1. The summed E-state index contributed by atoms with van der Waals surface area (Å²) in [5.74, 6) is 0.658. The monoisotopic (exact) mass is 610 g/mol. The zero-order valence-electron chi connectivity index (χ0n) is 21.0. The Morgan fingerprint density at radius 3 is 2.51 bits per heavy atom. The molecule has 0 N–H and O–H groups in total. The number of rotatable bonds is 5. The van der Waals surface area contributed by atoms with Crippen LogP contribution in [0, 0.1) is 0 Å². The van der Waals surface area contributed by atoms with Gasteiger partial charge in [0, 0.05) is 26.0 Å². The van der Waals surface area contributed by atoms with Crippen LogP contribution in [0.5, 0.6) is 11.6 Å². The van der Waals surface area contributed by atoms with Crippen molar-refractivity contribution in [3.05, 3.63) is 33.5 Å². The summed E-state index contributed by atoms with van der Waals surface area (Å²) < 4.78 is 39.2. The molecule has 4 aromatic rings. The fraction of sp³-hybridized carbons (Fsp3) is 0.440. The molecule has 2 aliphatic rings. The highest BCUT2D eigenvalue weighted by Gasteiger charge is 2.27. The van der Waals surface area contributed by atoms with Crippen molar-refractivity contribution in [2.75, 3.05) is 30.9 Å². The van der Waals surface area contributed by atoms with Crippen molar-refractivity contribution in [3.63, 3.8) is 0 Å². The second-order valence-electron chi connectivity index (χ2n) is 9.74. The molecular formula is C25H25Cl3N6O4S. The Morgan fingerprint density at radius 2 is 1.79 bits per heavy atom. The second-order valence-corrected chi connectivity index (χ2v) is 12.8. The quantitative estimate of drug-likeness (QED) is 0.192. The van der Waals surface area contributed by atoms with Gasteiger partial charge in [-0.2, -0.15) is 10.1 Å². The van der Waals surface area contributed by atoms with Gasteiger partial charge in [-0.1, -0.05) is 34.8 Å². The summed E-state index contributed by atoms with van der Waals surface area (Å²) >= 11 is 19.6. The van der Waals surface area contributed by atoms with Crippen LogP contribution in [-0.4, -0.2) is 59.1 Å². The molecule has 2 aliphatic heterocycles. The molecule has 0 radical (unpaired) electrons. The van der Waals surface area contributed by atoms with E-state index in [-0.39, 0.29) is 43.7 Å². The van der Waals surface area contributed by atoms with E-state index in [1.54, 1.807) is 23.0 Å².